The van der Waals surface area contributed by atoms with Gasteiger partial charge in [0.1, 0.15) is 10.7 Å². The zero-order chi connectivity index (χ0) is 19.4. The summed E-state index contributed by atoms with van der Waals surface area (Å²) in [6.07, 6.45) is 3.04. The van der Waals surface area contributed by atoms with Crippen molar-refractivity contribution in [1.82, 2.24) is 9.29 Å². The van der Waals surface area contributed by atoms with Crippen molar-refractivity contribution in [1.29, 1.82) is 0 Å². The van der Waals surface area contributed by atoms with E-state index in [1.54, 1.807) is 38.2 Å². The Kier molecular flexibility index (Phi) is 6.08. The fourth-order valence-corrected chi connectivity index (χ4v) is 4.85. The molecule has 0 bridgehead atoms. The smallest absolute Gasteiger partial charge is 0.245 e. The molecule has 0 amide bonds. The summed E-state index contributed by atoms with van der Waals surface area (Å²) in [6, 6.07) is 7.14. The second-order valence-corrected chi connectivity index (χ2v) is 8.30. The maximum atomic E-state index is 13.2. The van der Waals surface area contributed by atoms with Crippen LogP contribution in [-0.4, -0.2) is 50.6 Å². The van der Waals surface area contributed by atoms with Crippen LogP contribution in [0, 0.1) is 5.82 Å². The van der Waals surface area contributed by atoms with Crippen molar-refractivity contribution in [2.75, 3.05) is 37.7 Å². The predicted octanol–water partition coefficient (Wildman–Crippen LogP) is 2.83. The lowest BCUT2D eigenvalue weighted by atomic mass is 10.1. The highest BCUT2D eigenvalue weighted by Crippen LogP contribution is 2.28. The summed E-state index contributed by atoms with van der Waals surface area (Å²) >= 11 is 0. The number of sulfonamides is 1. The van der Waals surface area contributed by atoms with Crippen LogP contribution in [0.5, 0.6) is 0 Å². The summed E-state index contributed by atoms with van der Waals surface area (Å²) in [6.45, 7) is 6.51. The third-order valence-electron chi connectivity index (χ3n) is 4.78. The zero-order valence-corrected chi connectivity index (χ0v) is 16.3. The summed E-state index contributed by atoms with van der Waals surface area (Å²) in [5.41, 5.74) is 1.50. The van der Waals surface area contributed by atoms with E-state index in [9.17, 15) is 12.8 Å². The number of hydrogen-bond acceptors (Lipinski definition) is 5. The van der Waals surface area contributed by atoms with Crippen LogP contribution in [-0.2, 0) is 14.8 Å². The highest BCUT2D eigenvalue weighted by molar-refractivity contribution is 7.89. The highest BCUT2D eigenvalue weighted by atomic mass is 32.2. The largest absolute Gasteiger partial charge is 0.378 e. The number of halogens is 1. The van der Waals surface area contributed by atoms with Gasteiger partial charge in [-0.05, 0) is 30.7 Å². The van der Waals surface area contributed by atoms with E-state index in [0.717, 1.165) is 11.3 Å². The predicted molar refractivity (Wildman–Crippen MR) is 102 cm³/mol. The van der Waals surface area contributed by atoms with Gasteiger partial charge in [-0.1, -0.05) is 19.1 Å². The van der Waals surface area contributed by atoms with Crippen molar-refractivity contribution < 1.29 is 17.5 Å². The molecule has 146 valence electrons. The monoisotopic (exact) mass is 393 g/mol. The van der Waals surface area contributed by atoms with Crippen LogP contribution in [0.2, 0.25) is 0 Å². The quantitative estimate of drug-likeness (QED) is 0.755. The van der Waals surface area contributed by atoms with E-state index in [1.807, 2.05) is 0 Å². The minimum Gasteiger partial charge on any atom is -0.378 e. The lowest BCUT2D eigenvalue weighted by Gasteiger charge is -2.30. The molecule has 1 aliphatic rings. The molecule has 1 aliphatic heterocycles. The van der Waals surface area contributed by atoms with Gasteiger partial charge in [-0.3, -0.25) is 4.98 Å². The molecular weight excluding hydrogens is 369 g/mol. The first kappa shape index (κ1) is 19.7. The number of pyridine rings is 1. The van der Waals surface area contributed by atoms with Gasteiger partial charge in [0.25, 0.3) is 0 Å². The topological polar surface area (TPSA) is 62.7 Å². The molecule has 2 aromatic rings. The van der Waals surface area contributed by atoms with Crippen molar-refractivity contribution >= 4 is 15.7 Å². The zero-order valence-electron chi connectivity index (χ0n) is 15.5. The first-order valence-electron chi connectivity index (χ1n) is 8.98. The summed E-state index contributed by atoms with van der Waals surface area (Å²) in [4.78, 5) is 6.37. The van der Waals surface area contributed by atoms with E-state index in [1.165, 1.54) is 22.6 Å². The Balaban J connectivity index is 1.90. The van der Waals surface area contributed by atoms with Crippen molar-refractivity contribution in [2.24, 2.45) is 0 Å². The van der Waals surface area contributed by atoms with E-state index >= 15 is 0 Å². The van der Waals surface area contributed by atoms with E-state index in [0.29, 0.717) is 32.8 Å². The Hall–Kier alpha value is -2.03. The molecule has 1 fully saturated rings. The number of rotatable bonds is 6. The Morgan fingerprint density at radius 3 is 2.52 bits per heavy atom. The number of morpholine rings is 1. The molecule has 1 atom stereocenters. The van der Waals surface area contributed by atoms with Crippen LogP contribution in [0.25, 0.3) is 0 Å². The van der Waals surface area contributed by atoms with E-state index in [-0.39, 0.29) is 10.7 Å². The van der Waals surface area contributed by atoms with Crippen LogP contribution in [0.15, 0.2) is 47.6 Å². The average molecular weight is 393 g/mol. The summed E-state index contributed by atoms with van der Waals surface area (Å²) < 4.78 is 46.4. The molecule has 27 heavy (non-hydrogen) atoms. The molecule has 1 aromatic heterocycles. The third-order valence-corrected chi connectivity index (χ3v) is 6.79. The van der Waals surface area contributed by atoms with E-state index in [4.69, 9.17) is 4.74 Å². The molecule has 0 spiro atoms. The van der Waals surface area contributed by atoms with Crippen molar-refractivity contribution in [3.05, 3.63) is 54.1 Å². The van der Waals surface area contributed by atoms with Gasteiger partial charge < -0.3 is 9.64 Å². The van der Waals surface area contributed by atoms with Gasteiger partial charge in [0, 0.05) is 31.9 Å². The number of aromatic nitrogens is 1. The molecule has 1 aromatic carbocycles. The molecular formula is C19H24FN3O3S. The van der Waals surface area contributed by atoms with Crippen LogP contribution in [0.4, 0.5) is 10.1 Å². The van der Waals surface area contributed by atoms with Crippen LogP contribution < -0.4 is 4.90 Å². The number of benzene rings is 1. The molecule has 2 heterocycles. The third kappa shape index (κ3) is 4.28. The second-order valence-electron chi connectivity index (χ2n) is 6.41. The van der Waals surface area contributed by atoms with Crippen LogP contribution in [0.1, 0.15) is 25.5 Å². The average Bonchev–Trinajstić information content (AvgIpc) is 2.69. The molecule has 3 rings (SSSR count). The number of anilines is 1. The van der Waals surface area contributed by atoms with Gasteiger partial charge in [-0.25, -0.2) is 12.8 Å². The van der Waals surface area contributed by atoms with Gasteiger partial charge in [-0.2, -0.15) is 4.31 Å². The van der Waals surface area contributed by atoms with Gasteiger partial charge in [0.15, 0.2) is 0 Å². The fraction of sp³-hybridized carbons (Fsp3) is 0.421. The summed E-state index contributed by atoms with van der Waals surface area (Å²) in [7, 11) is -3.75. The first-order valence-corrected chi connectivity index (χ1v) is 10.4. The standard InChI is InChI=1S/C19H24FN3O3S/c1-3-23(15(2)16-4-6-17(20)7-5-16)27(24,25)19-12-18(13-21-14-19)22-8-10-26-11-9-22/h4-7,12-15H,3,8-11H2,1-2H3/t15-/m1/s1. The van der Waals surface area contributed by atoms with Gasteiger partial charge in [-0.15, -0.1) is 0 Å². The van der Waals surface area contributed by atoms with Gasteiger partial charge >= 0.3 is 0 Å². The Bertz CT molecular complexity index is 868. The normalized spacial score (nSPS) is 16.5. The summed E-state index contributed by atoms with van der Waals surface area (Å²) in [5, 5.41) is 0. The van der Waals surface area contributed by atoms with Crippen molar-refractivity contribution in [3.63, 3.8) is 0 Å². The maximum Gasteiger partial charge on any atom is 0.245 e. The molecule has 0 saturated carbocycles. The SMILES string of the molecule is CCN([C@H](C)c1ccc(F)cc1)S(=O)(=O)c1cncc(N2CCOCC2)c1. The lowest BCUT2D eigenvalue weighted by molar-refractivity contribution is 0.122. The minimum absolute atomic E-state index is 0.155. The van der Waals surface area contributed by atoms with Gasteiger partial charge in [0.2, 0.25) is 10.0 Å². The number of nitrogens with zero attached hydrogens (tertiary/aromatic N) is 3. The fourth-order valence-electron chi connectivity index (χ4n) is 3.24. The van der Waals surface area contributed by atoms with E-state index in [2.05, 4.69) is 9.88 Å². The lowest BCUT2D eigenvalue weighted by Crippen LogP contribution is -2.37. The van der Waals surface area contributed by atoms with Crippen LogP contribution in [0.3, 0.4) is 0 Å². The summed E-state index contributed by atoms with van der Waals surface area (Å²) in [5.74, 6) is -0.348. The molecule has 0 N–H and O–H groups in total. The molecule has 0 aliphatic carbocycles. The molecule has 1 saturated heterocycles. The van der Waals surface area contributed by atoms with Crippen LogP contribution >= 0.6 is 0 Å². The van der Waals surface area contributed by atoms with Crippen molar-refractivity contribution in [3.8, 4) is 0 Å². The molecule has 0 unspecified atom stereocenters. The van der Waals surface area contributed by atoms with Crippen molar-refractivity contribution in [2.45, 2.75) is 24.8 Å². The molecule has 0 radical (unpaired) electrons. The minimum atomic E-state index is -3.75. The Morgan fingerprint density at radius 1 is 1.22 bits per heavy atom. The molecule has 6 nitrogen and oxygen atoms in total. The first-order chi connectivity index (χ1) is 12.9. The Labute approximate surface area is 159 Å². The van der Waals surface area contributed by atoms with Gasteiger partial charge in [0.05, 0.1) is 25.1 Å². The molecule has 8 heteroatoms. The maximum absolute atomic E-state index is 13.2. The number of hydrogen-bond donors (Lipinski definition) is 0. The second kappa shape index (κ2) is 8.33. The van der Waals surface area contributed by atoms with E-state index < -0.39 is 16.1 Å². The Morgan fingerprint density at radius 2 is 1.89 bits per heavy atom. The highest BCUT2D eigenvalue weighted by Gasteiger charge is 2.29. The number of ether oxygens (including phenoxy) is 1.